The number of aryl methyl sites for hydroxylation is 1. The largest absolute Gasteiger partial charge is 0.475 e. The molecule has 2 aromatic heterocycles. The maximum absolute atomic E-state index is 12.2. The minimum atomic E-state index is -0.277. The van der Waals surface area contributed by atoms with Crippen molar-refractivity contribution in [1.82, 2.24) is 15.0 Å². The molecule has 0 aromatic carbocycles. The highest BCUT2D eigenvalue weighted by Crippen LogP contribution is 2.37. The number of carbonyl (C=O) groups is 1. The van der Waals surface area contributed by atoms with Crippen molar-refractivity contribution in [3.8, 4) is 5.88 Å². The Kier molecular flexibility index (Phi) is 4.47. The topological polar surface area (TPSA) is 97.2 Å². The molecule has 0 radical (unpaired) electrons. The molecule has 23 heavy (non-hydrogen) atoms. The molecule has 120 valence electrons. The monoisotopic (exact) mass is 314 g/mol. The summed E-state index contributed by atoms with van der Waals surface area (Å²) in [6.45, 7) is 1.88. The number of hydrogen-bond acceptors (Lipinski definition) is 6. The van der Waals surface area contributed by atoms with Crippen molar-refractivity contribution in [1.29, 1.82) is 0 Å². The highest BCUT2D eigenvalue weighted by molar-refractivity contribution is 6.04. The van der Waals surface area contributed by atoms with Gasteiger partial charge >= 0.3 is 0 Å². The van der Waals surface area contributed by atoms with Crippen LogP contribution >= 0.6 is 0 Å². The highest BCUT2D eigenvalue weighted by Gasteiger charge is 2.26. The zero-order valence-corrected chi connectivity index (χ0v) is 12.8. The van der Waals surface area contributed by atoms with E-state index in [0.717, 1.165) is 18.7 Å². The van der Waals surface area contributed by atoms with Gasteiger partial charge in [0.05, 0.1) is 23.6 Å². The van der Waals surface area contributed by atoms with Crippen molar-refractivity contribution in [3.63, 3.8) is 0 Å². The van der Waals surface area contributed by atoms with Crippen LogP contribution in [0.5, 0.6) is 5.88 Å². The number of hydrogen-bond donors (Lipinski definition) is 2. The van der Waals surface area contributed by atoms with E-state index in [4.69, 9.17) is 9.84 Å². The maximum Gasteiger partial charge on any atom is 0.258 e. The molecule has 0 saturated heterocycles. The normalized spacial score (nSPS) is 13.7. The van der Waals surface area contributed by atoms with Gasteiger partial charge in [0.25, 0.3) is 5.91 Å². The van der Waals surface area contributed by atoms with Gasteiger partial charge in [-0.05, 0) is 25.8 Å². The molecule has 1 aliphatic rings. The van der Waals surface area contributed by atoms with Crippen molar-refractivity contribution in [2.75, 3.05) is 18.5 Å². The van der Waals surface area contributed by atoms with Crippen LogP contribution in [0.2, 0.25) is 0 Å². The first-order valence-corrected chi connectivity index (χ1v) is 7.52. The Hall–Kier alpha value is -2.54. The molecular formula is C16H18N4O3. The minimum Gasteiger partial charge on any atom is -0.475 e. The molecule has 0 aliphatic heterocycles. The summed E-state index contributed by atoms with van der Waals surface area (Å²) in [5.74, 6) is 1.41. The Bertz CT molecular complexity index is 699. The van der Waals surface area contributed by atoms with E-state index in [1.165, 1.54) is 0 Å². The summed E-state index contributed by atoms with van der Waals surface area (Å²) in [7, 11) is 0. The first kappa shape index (κ1) is 15.4. The lowest BCUT2D eigenvalue weighted by Crippen LogP contribution is -2.14. The standard InChI is InChI=1S/C16H18N4O3/c1-10-13(4-5-14(19-10)23-7-6-21)20-16(22)12-8-17-15(18-9-12)11-2-3-11/h4-5,8-9,11,21H,2-3,6-7H2,1H3,(H,20,22). The number of anilines is 1. The molecule has 2 heterocycles. The van der Waals surface area contributed by atoms with Crippen molar-refractivity contribution in [2.45, 2.75) is 25.7 Å². The number of aromatic nitrogens is 3. The van der Waals surface area contributed by atoms with Gasteiger partial charge in [-0.1, -0.05) is 0 Å². The quantitative estimate of drug-likeness (QED) is 0.842. The molecule has 7 nitrogen and oxygen atoms in total. The lowest BCUT2D eigenvalue weighted by Gasteiger charge is -2.10. The average molecular weight is 314 g/mol. The molecule has 3 rings (SSSR count). The Balaban J connectivity index is 1.66. The lowest BCUT2D eigenvalue weighted by molar-refractivity contribution is 0.102. The maximum atomic E-state index is 12.2. The van der Waals surface area contributed by atoms with E-state index >= 15 is 0 Å². The van der Waals surface area contributed by atoms with Crippen LogP contribution < -0.4 is 10.1 Å². The first-order chi connectivity index (χ1) is 11.2. The number of amides is 1. The van der Waals surface area contributed by atoms with E-state index in [1.807, 2.05) is 0 Å². The Morgan fingerprint density at radius 3 is 2.70 bits per heavy atom. The highest BCUT2D eigenvalue weighted by atomic mass is 16.5. The summed E-state index contributed by atoms with van der Waals surface area (Å²) in [6.07, 6.45) is 5.36. The molecule has 1 fully saturated rings. The average Bonchev–Trinajstić information content (AvgIpc) is 3.40. The van der Waals surface area contributed by atoms with Crippen molar-refractivity contribution < 1.29 is 14.6 Å². The lowest BCUT2D eigenvalue weighted by atomic mass is 10.2. The van der Waals surface area contributed by atoms with Gasteiger partial charge in [0, 0.05) is 24.4 Å². The van der Waals surface area contributed by atoms with Gasteiger partial charge in [-0.3, -0.25) is 4.79 Å². The number of nitrogens with one attached hydrogen (secondary N) is 1. The van der Waals surface area contributed by atoms with Gasteiger partial charge in [-0.15, -0.1) is 0 Å². The molecular weight excluding hydrogens is 296 g/mol. The molecule has 0 bridgehead atoms. The second-order valence-corrected chi connectivity index (χ2v) is 5.41. The summed E-state index contributed by atoms with van der Waals surface area (Å²) in [5, 5.41) is 11.5. The molecule has 1 aliphatic carbocycles. The Labute approximate surface area is 133 Å². The van der Waals surface area contributed by atoms with E-state index in [9.17, 15) is 4.79 Å². The van der Waals surface area contributed by atoms with Crippen LogP contribution in [0.1, 0.15) is 40.6 Å². The number of aliphatic hydroxyl groups excluding tert-OH is 1. The zero-order chi connectivity index (χ0) is 16.2. The van der Waals surface area contributed by atoms with Gasteiger partial charge in [0.2, 0.25) is 5.88 Å². The van der Waals surface area contributed by atoms with Crippen molar-refractivity contribution >= 4 is 11.6 Å². The number of rotatable bonds is 6. The second-order valence-electron chi connectivity index (χ2n) is 5.41. The third-order valence-corrected chi connectivity index (χ3v) is 3.53. The van der Waals surface area contributed by atoms with Crippen LogP contribution in [-0.4, -0.2) is 39.2 Å². The minimum absolute atomic E-state index is 0.0733. The zero-order valence-electron chi connectivity index (χ0n) is 12.8. The van der Waals surface area contributed by atoms with E-state index < -0.39 is 0 Å². The van der Waals surface area contributed by atoms with Crippen molar-refractivity contribution in [2.24, 2.45) is 0 Å². The van der Waals surface area contributed by atoms with Crippen LogP contribution in [0.4, 0.5) is 5.69 Å². The number of ether oxygens (including phenoxy) is 1. The smallest absolute Gasteiger partial charge is 0.258 e. The van der Waals surface area contributed by atoms with E-state index in [1.54, 1.807) is 31.5 Å². The van der Waals surface area contributed by atoms with Crippen LogP contribution in [0.3, 0.4) is 0 Å². The van der Waals surface area contributed by atoms with Crippen LogP contribution in [0, 0.1) is 6.92 Å². The van der Waals surface area contributed by atoms with Gasteiger partial charge in [0.1, 0.15) is 12.4 Å². The molecule has 0 atom stereocenters. The summed E-state index contributed by atoms with van der Waals surface area (Å²) in [5.41, 5.74) is 1.64. The fourth-order valence-corrected chi connectivity index (χ4v) is 2.10. The number of pyridine rings is 1. The summed E-state index contributed by atoms with van der Waals surface area (Å²) in [6, 6.07) is 3.36. The Morgan fingerprint density at radius 1 is 1.35 bits per heavy atom. The number of nitrogens with zero attached hydrogens (tertiary/aromatic N) is 3. The molecule has 1 amide bonds. The SMILES string of the molecule is Cc1nc(OCCO)ccc1NC(=O)c1cnc(C2CC2)nc1. The predicted octanol–water partition coefficient (Wildman–Crippen LogP) is 1.68. The van der Waals surface area contributed by atoms with Gasteiger partial charge in [-0.25, -0.2) is 15.0 Å². The summed E-state index contributed by atoms with van der Waals surface area (Å²) >= 11 is 0. The number of carbonyl (C=O) groups excluding carboxylic acids is 1. The number of aliphatic hydroxyl groups is 1. The first-order valence-electron chi connectivity index (χ1n) is 7.52. The molecule has 2 N–H and O–H groups in total. The summed E-state index contributed by atoms with van der Waals surface area (Å²) in [4.78, 5) is 24.9. The fourth-order valence-electron chi connectivity index (χ4n) is 2.10. The predicted molar refractivity (Wildman–Crippen MR) is 83.5 cm³/mol. The third kappa shape index (κ3) is 3.81. The van der Waals surface area contributed by atoms with Crippen molar-refractivity contribution in [3.05, 3.63) is 41.6 Å². The molecule has 7 heteroatoms. The van der Waals surface area contributed by atoms with E-state index in [2.05, 4.69) is 20.3 Å². The molecule has 0 spiro atoms. The van der Waals surface area contributed by atoms with E-state index in [0.29, 0.717) is 28.7 Å². The second kappa shape index (κ2) is 6.70. The van der Waals surface area contributed by atoms with Gasteiger partial charge in [0.15, 0.2) is 0 Å². The third-order valence-electron chi connectivity index (χ3n) is 3.53. The van der Waals surface area contributed by atoms with Gasteiger partial charge in [-0.2, -0.15) is 0 Å². The molecule has 0 unspecified atom stereocenters. The Morgan fingerprint density at radius 2 is 2.09 bits per heavy atom. The molecule has 2 aromatic rings. The van der Waals surface area contributed by atoms with Crippen LogP contribution in [0.25, 0.3) is 0 Å². The van der Waals surface area contributed by atoms with E-state index in [-0.39, 0.29) is 19.1 Å². The summed E-state index contributed by atoms with van der Waals surface area (Å²) < 4.78 is 5.23. The van der Waals surface area contributed by atoms with Crippen LogP contribution in [-0.2, 0) is 0 Å². The van der Waals surface area contributed by atoms with Crippen LogP contribution in [0.15, 0.2) is 24.5 Å². The fraction of sp³-hybridized carbons (Fsp3) is 0.375. The van der Waals surface area contributed by atoms with Gasteiger partial charge < -0.3 is 15.2 Å². The molecule has 1 saturated carbocycles.